The Kier molecular flexibility index (Phi) is 5.57. The van der Waals surface area contributed by atoms with Gasteiger partial charge in [-0.15, -0.1) is 0 Å². The summed E-state index contributed by atoms with van der Waals surface area (Å²) in [7, 11) is -5.09. The number of carbonyl (C=O) groups excluding carboxylic acids is 2. The number of hydrogen-bond donors (Lipinski definition) is 1. The largest absolute Gasteiger partial charge is 1.00 e. The van der Waals surface area contributed by atoms with Crippen LogP contribution in [-0.2, 0) is 29.5 Å². The average molecular weight is 414 g/mol. The van der Waals surface area contributed by atoms with E-state index in [9.17, 15) is 23.1 Å². The maximum atomic E-state index is 12.7. The van der Waals surface area contributed by atoms with Crippen molar-refractivity contribution in [1.29, 1.82) is 0 Å². The van der Waals surface area contributed by atoms with E-state index in [1.165, 1.54) is 24.3 Å². The number of ketones is 1. The summed E-state index contributed by atoms with van der Waals surface area (Å²) in [5.74, 6) is -4.65. The first-order chi connectivity index (χ1) is 13.9. The molecule has 1 aliphatic heterocycles. The van der Waals surface area contributed by atoms with Crippen LogP contribution in [0.25, 0.3) is 0 Å². The monoisotopic (exact) mass is 414 g/mol. The predicted octanol–water partition coefficient (Wildman–Crippen LogP) is -2.63. The molecule has 0 fully saturated rings. The Bertz CT molecular complexity index is 1150. The number of ether oxygens (including phenoxy) is 1. The molecule has 10 heteroatoms. The van der Waals surface area contributed by atoms with Crippen LogP contribution in [0.1, 0.15) is 31.7 Å². The van der Waals surface area contributed by atoms with Crippen LogP contribution in [0, 0.1) is 0 Å². The van der Waals surface area contributed by atoms with E-state index in [0.29, 0.717) is 0 Å². The zero-order valence-corrected chi connectivity index (χ0v) is 17.4. The van der Waals surface area contributed by atoms with Gasteiger partial charge in [0.15, 0.2) is 6.08 Å². The maximum absolute atomic E-state index is 12.7. The summed E-state index contributed by atoms with van der Waals surface area (Å²) >= 11 is 0. The van der Waals surface area contributed by atoms with Gasteiger partial charge in [0.25, 0.3) is 0 Å². The minimum Gasteiger partial charge on any atom is -0.545 e. The van der Waals surface area contributed by atoms with E-state index < -0.39 is 45.3 Å². The third-order valence-electron chi connectivity index (χ3n) is 3.44. The third kappa shape index (κ3) is 4.93. The number of aromatic carboxylic acids is 1. The van der Waals surface area contributed by atoms with Crippen LogP contribution in [-0.4, -0.2) is 20.2 Å². The van der Waals surface area contributed by atoms with Crippen LogP contribution in [0.3, 0.4) is 0 Å². The maximum Gasteiger partial charge on any atom is 1.00 e. The molecule has 2 aromatic carbocycles. The van der Waals surface area contributed by atoms with Gasteiger partial charge in [-0.25, -0.2) is 0 Å². The molecule has 0 saturated heterocycles. The second-order valence-corrected chi connectivity index (χ2v) is 6.60. The molecule has 0 saturated carbocycles. The molecule has 0 amide bonds. The first kappa shape index (κ1) is 17.7. The number of nitrogens with two attached hydrogens (primary N) is 1. The number of Topliss-reactive ketones (excluding diaryl/α,β-unsaturated/α-hetero) is 1. The first-order valence-electron chi connectivity index (χ1n) is 8.95. The van der Waals surface area contributed by atoms with Crippen LogP contribution in [0.15, 0.2) is 66.2 Å². The van der Waals surface area contributed by atoms with Crippen molar-refractivity contribution in [3.8, 4) is 0 Å². The molecule has 0 unspecified atom stereocenters. The molecule has 0 spiro atoms. The molecular formula is C18H14NNaO7S. The summed E-state index contributed by atoms with van der Waals surface area (Å²) in [6.45, 7) is 0. The molecule has 1 heterocycles. The Balaban J connectivity index is 0.00000341. The molecule has 0 aromatic heterocycles. The quantitative estimate of drug-likeness (QED) is 0.401. The van der Waals surface area contributed by atoms with E-state index >= 15 is 0 Å². The Morgan fingerprint density at radius 2 is 1.82 bits per heavy atom. The van der Waals surface area contributed by atoms with Gasteiger partial charge in [0.1, 0.15) is 5.70 Å². The fourth-order valence-corrected chi connectivity index (χ4v) is 3.07. The zero-order chi connectivity index (χ0) is 22.3. The number of carboxylic acid groups (broad SMARTS) is 1. The van der Waals surface area contributed by atoms with Gasteiger partial charge < -0.3 is 24.6 Å². The van der Waals surface area contributed by atoms with Crippen LogP contribution >= 0.6 is 0 Å². The summed E-state index contributed by atoms with van der Waals surface area (Å²) < 4.78 is 58.9. The van der Waals surface area contributed by atoms with E-state index in [1.807, 2.05) is 0 Å². The van der Waals surface area contributed by atoms with Crippen LogP contribution in [0.4, 0.5) is 0 Å². The van der Waals surface area contributed by atoms with Crippen molar-refractivity contribution in [2.75, 3.05) is 0 Å². The summed E-state index contributed by atoms with van der Waals surface area (Å²) in [6, 6.07) is 11.2. The third-order valence-corrected chi connectivity index (χ3v) is 4.31. The van der Waals surface area contributed by atoms with Crippen molar-refractivity contribution in [1.82, 2.24) is 0 Å². The van der Waals surface area contributed by atoms with Gasteiger partial charge in [-0.1, -0.05) is 54.6 Å². The minimum absolute atomic E-state index is 0. The predicted molar refractivity (Wildman–Crippen MR) is 91.0 cm³/mol. The van der Waals surface area contributed by atoms with Gasteiger partial charge in [0.2, 0.25) is 17.4 Å². The summed E-state index contributed by atoms with van der Waals surface area (Å²) in [5, 5.41) is 10.8. The van der Waals surface area contributed by atoms with Crippen LogP contribution in [0.5, 0.6) is 0 Å². The molecule has 8 nitrogen and oxygen atoms in total. The topological polar surface area (TPSA) is 136 Å². The van der Waals surface area contributed by atoms with Crippen LogP contribution in [0.2, 0.25) is 0 Å². The number of rotatable bonds is 6. The Labute approximate surface area is 187 Å². The molecule has 3 rings (SSSR count). The van der Waals surface area contributed by atoms with E-state index in [1.54, 1.807) is 6.07 Å². The van der Waals surface area contributed by atoms with Gasteiger partial charge >= 0.3 is 39.7 Å². The standard InChI is InChI=1S/C18H15NO7S.Na/c19-17-16(26-27(23,24)10-11-4-2-1-3-5-11)14(20)15(25-17)12-6-8-13(9-7-12)18(21)22;/h1-9,15H,10,19H2,(H,21,22);/q;+1/p-1/t15-;/m1./s1/i10D2,15D;. The van der Waals surface area contributed by atoms with Gasteiger partial charge in [0.05, 0.1) is 10.1 Å². The molecule has 28 heavy (non-hydrogen) atoms. The second-order valence-electron chi connectivity index (χ2n) is 5.32. The molecule has 1 atom stereocenters. The Morgan fingerprint density at radius 1 is 1.21 bits per heavy atom. The van der Waals surface area contributed by atoms with Crippen molar-refractivity contribution >= 4 is 21.9 Å². The summed E-state index contributed by atoms with van der Waals surface area (Å²) in [5.41, 5.74) is 1.90. The Hall–Kier alpha value is -2.33. The molecule has 1 aliphatic rings. The van der Waals surface area contributed by atoms with Gasteiger partial charge in [-0.3, -0.25) is 4.79 Å². The normalized spacial score (nSPS) is 21.0. The summed E-state index contributed by atoms with van der Waals surface area (Å²) in [6.07, 6.45) is -2.54. The van der Waals surface area contributed by atoms with E-state index in [0.717, 1.165) is 24.3 Å². The average Bonchev–Trinajstić information content (AvgIpc) is 2.92. The number of carboxylic acids is 1. The fraction of sp³-hybridized carbons (Fsp3) is 0.111. The molecule has 2 N–H and O–H groups in total. The van der Waals surface area contributed by atoms with Crippen molar-refractivity contribution in [3.05, 3.63) is 82.9 Å². The number of carbonyl (C=O) groups is 2. The fourth-order valence-electron chi connectivity index (χ4n) is 2.23. The minimum atomic E-state index is -5.09. The van der Waals surface area contributed by atoms with Crippen molar-refractivity contribution in [2.45, 2.75) is 11.8 Å². The molecule has 0 bridgehead atoms. The zero-order valence-electron chi connectivity index (χ0n) is 17.5. The molecule has 140 valence electrons. The van der Waals surface area contributed by atoms with Crippen LogP contribution < -0.4 is 40.4 Å². The first-order valence-corrected chi connectivity index (χ1v) is 8.86. The van der Waals surface area contributed by atoms with E-state index in [4.69, 9.17) is 14.6 Å². The van der Waals surface area contributed by atoms with Gasteiger partial charge in [-0.05, 0) is 11.1 Å². The van der Waals surface area contributed by atoms with Crippen molar-refractivity contribution < 1.29 is 65.7 Å². The second kappa shape index (κ2) is 8.78. The number of benzene rings is 2. The number of hydrogen-bond acceptors (Lipinski definition) is 8. The smallest absolute Gasteiger partial charge is 0.545 e. The van der Waals surface area contributed by atoms with E-state index in [-0.39, 0.29) is 46.2 Å². The Morgan fingerprint density at radius 3 is 2.39 bits per heavy atom. The van der Waals surface area contributed by atoms with Crippen molar-refractivity contribution in [2.24, 2.45) is 5.73 Å². The van der Waals surface area contributed by atoms with E-state index in [2.05, 4.69) is 4.18 Å². The van der Waals surface area contributed by atoms with Gasteiger partial charge in [-0.2, -0.15) is 8.42 Å². The van der Waals surface area contributed by atoms with Gasteiger partial charge in [0, 0.05) is 5.56 Å². The summed E-state index contributed by atoms with van der Waals surface area (Å²) in [4.78, 5) is 23.5. The SMILES string of the molecule is [2H]C([2H])(c1ccccc1)S(=O)(=O)OC1=C(N)O[C@]([2H])(c2ccc(C(=O)[O-])cc2)C1=O.[Na+]. The molecule has 2 aromatic rings. The van der Waals surface area contributed by atoms with Crippen molar-refractivity contribution in [3.63, 3.8) is 0 Å². The molecule has 0 aliphatic carbocycles. The molecule has 0 radical (unpaired) electrons. The molecular weight excluding hydrogens is 397 g/mol.